The molecular weight excluding hydrogens is 286 g/mol. The van der Waals surface area contributed by atoms with E-state index in [1.165, 1.54) is 0 Å². The Morgan fingerprint density at radius 1 is 1.52 bits per heavy atom. The summed E-state index contributed by atoms with van der Waals surface area (Å²) in [5, 5.41) is 6.64. The van der Waals surface area contributed by atoms with Crippen molar-refractivity contribution in [2.75, 3.05) is 25.0 Å². The van der Waals surface area contributed by atoms with Crippen molar-refractivity contribution in [3.8, 4) is 0 Å². The van der Waals surface area contributed by atoms with Crippen molar-refractivity contribution in [2.24, 2.45) is 0 Å². The van der Waals surface area contributed by atoms with Crippen molar-refractivity contribution >= 4 is 23.2 Å². The van der Waals surface area contributed by atoms with Gasteiger partial charge in [0.1, 0.15) is 5.70 Å². The third-order valence-electron chi connectivity index (χ3n) is 3.27. The van der Waals surface area contributed by atoms with Crippen molar-refractivity contribution < 1.29 is 4.79 Å². The molecule has 0 spiro atoms. The van der Waals surface area contributed by atoms with Gasteiger partial charge in [-0.2, -0.15) is 0 Å². The number of carbonyl (C=O) groups excluding carboxylic acids is 1. The first kappa shape index (κ1) is 15.6. The van der Waals surface area contributed by atoms with Crippen LogP contribution in [-0.2, 0) is 4.79 Å². The van der Waals surface area contributed by atoms with Crippen LogP contribution in [0, 0.1) is 0 Å². The Bertz CT molecular complexity index is 568. The van der Waals surface area contributed by atoms with Gasteiger partial charge in [0.15, 0.2) is 0 Å². The maximum atomic E-state index is 12.6. The number of amides is 1. The second-order valence-corrected chi connectivity index (χ2v) is 5.23. The summed E-state index contributed by atoms with van der Waals surface area (Å²) in [6, 6.07) is 7.22. The van der Waals surface area contributed by atoms with Gasteiger partial charge in [-0.25, -0.2) is 0 Å². The Morgan fingerprint density at radius 2 is 2.29 bits per heavy atom. The summed E-state index contributed by atoms with van der Waals surface area (Å²) in [7, 11) is 0. The molecule has 1 aliphatic heterocycles. The Morgan fingerprint density at radius 3 is 2.95 bits per heavy atom. The number of nitrogens with zero attached hydrogens (tertiary/aromatic N) is 1. The minimum absolute atomic E-state index is 0.159. The third kappa shape index (κ3) is 3.86. The van der Waals surface area contributed by atoms with Gasteiger partial charge in [0, 0.05) is 25.3 Å². The van der Waals surface area contributed by atoms with E-state index in [9.17, 15) is 4.79 Å². The van der Waals surface area contributed by atoms with Crippen LogP contribution in [0.5, 0.6) is 0 Å². The number of carbonyl (C=O) groups is 1. The van der Waals surface area contributed by atoms with Crippen LogP contribution in [0.15, 0.2) is 48.3 Å². The summed E-state index contributed by atoms with van der Waals surface area (Å²) in [4.78, 5) is 14.5. The highest BCUT2D eigenvalue weighted by Gasteiger charge is 2.22. The molecule has 1 aromatic rings. The fourth-order valence-corrected chi connectivity index (χ4v) is 2.42. The summed E-state index contributed by atoms with van der Waals surface area (Å²) in [5.41, 5.74) is 2.14. The molecule has 5 heteroatoms. The smallest absolute Gasteiger partial charge is 0.271 e. The first-order valence-electron chi connectivity index (χ1n) is 7.05. The van der Waals surface area contributed by atoms with Crippen LogP contribution >= 0.6 is 11.6 Å². The highest BCUT2D eigenvalue weighted by molar-refractivity contribution is 6.33. The molecule has 0 bridgehead atoms. The number of rotatable bonds is 4. The van der Waals surface area contributed by atoms with Gasteiger partial charge in [-0.05, 0) is 18.6 Å². The molecule has 1 aromatic carbocycles. The normalized spacial score (nSPS) is 16.0. The van der Waals surface area contributed by atoms with Crippen LogP contribution in [0.3, 0.4) is 0 Å². The molecule has 0 aromatic heterocycles. The van der Waals surface area contributed by atoms with Gasteiger partial charge < -0.3 is 15.5 Å². The fraction of sp³-hybridized carbons (Fsp3) is 0.312. The molecule has 1 heterocycles. The van der Waals surface area contributed by atoms with Crippen LogP contribution in [0.4, 0.5) is 5.69 Å². The molecular formula is C16H20ClN3O. The van der Waals surface area contributed by atoms with Gasteiger partial charge in [0.25, 0.3) is 5.91 Å². The minimum atomic E-state index is -0.159. The molecule has 112 valence electrons. The fourth-order valence-electron chi connectivity index (χ4n) is 2.24. The molecule has 4 nitrogen and oxygen atoms in total. The summed E-state index contributed by atoms with van der Waals surface area (Å²) in [5.74, 6) is -0.159. The molecule has 1 fully saturated rings. The van der Waals surface area contributed by atoms with Crippen molar-refractivity contribution in [3.63, 3.8) is 0 Å². The van der Waals surface area contributed by atoms with E-state index in [1.807, 2.05) is 30.0 Å². The maximum Gasteiger partial charge on any atom is 0.271 e. The average molecular weight is 306 g/mol. The van der Waals surface area contributed by atoms with Crippen LogP contribution in [0.25, 0.3) is 0 Å². The summed E-state index contributed by atoms with van der Waals surface area (Å²) in [6.07, 6.45) is 2.70. The van der Waals surface area contributed by atoms with Crippen molar-refractivity contribution in [2.45, 2.75) is 13.3 Å². The molecule has 0 atom stereocenters. The monoisotopic (exact) mass is 305 g/mol. The number of para-hydroxylation sites is 1. The van der Waals surface area contributed by atoms with E-state index in [0.29, 0.717) is 23.0 Å². The van der Waals surface area contributed by atoms with Gasteiger partial charge in [-0.15, -0.1) is 0 Å². The van der Waals surface area contributed by atoms with E-state index in [2.05, 4.69) is 17.2 Å². The molecule has 0 saturated carbocycles. The number of benzene rings is 1. The van der Waals surface area contributed by atoms with E-state index in [-0.39, 0.29) is 5.91 Å². The van der Waals surface area contributed by atoms with E-state index in [0.717, 1.165) is 25.2 Å². The van der Waals surface area contributed by atoms with Crippen LogP contribution < -0.4 is 10.6 Å². The van der Waals surface area contributed by atoms with Crippen molar-refractivity contribution in [3.05, 3.63) is 53.3 Å². The largest absolute Gasteiger partial charge is 0.339 e. The van der Waals surface area contributed by atoms with Crippen molar-refractivity contribution in [1.82, 2.24) is 10.2 Å². The number of anilines is 1. The number of piperazine rings is 1. The SMILES string of the molecule is C=C1CNCCN1/C(=C\CC)C(=O)Nc1ccccc1Cl. The Balaban J connectivity index is 2.18. The molecule has 0 unspecified atom stereocenters. The zero-order valence-corrected chi connectivity index (χ0v) is 12.9. The first-order valence-corrected chi connectivity index (χ1v) is 7.43. The van der Waals surface area contributed by atoms with Crippen LogP contribution in [0.1, 0.15) is 13.3 Å². The van der Waals surface area contributed by atoms with Crippen molar-refractivity contribution in [1.29, 1.82) is 0 Å². The predicted molar refractivity (Wildman–Crippen MR) is 87.2 cm³/mol. The molecule has 0 aliphatic carbocycles. The lowest BCUT2D eigenvalue weighted by Gasteiger charge is -2.32. The Labute approximate surface area is 130 Å². The Kier molecular flexibility index (Phi) is 5.42. The van der Waals surface area contributed by atoms with Crippen LogP contribution in [-0.4, -0.2) is 30.4 Å². The van der Waals surface area contributed by atoms with Gasteiger partial charge in [-0.1, -0.05) is 43.3 Å². The van der Waals surface area contributed by atoms with E-state index in [1.54, 1.807) is 12.1 Å². The molecule has 0 radical (unpaired) electrons. The van der Waals surface area contributed by atoms with Gasteiger partial charge in [0.05, 0.1) is 10.7 Å². The predicted octanol–water partition coefficient (Wildman–Crippen LogP) is 2.99. The lowest BCUT2D eigenvalue weighted by Crippen LogP contribution is -2.43. The summed E-state index contributed by atoms with van der Waals surface area (Å²) >= 11 is 6.09. The summed E-state index contributed by atoms with van der Waals surface area (Å²) < 4.78 is 0. The number of hydrogen-bond acceptors (Lipinski definition) is 3. The topological polar surface area (TPSA) is 44.4 Å². The molecule has 2 rings (SSSR count). The lowest BCUT2D eigenvalue weighted by molar-refractivity contribution is -0.114. The standard InChI is InChI=1S/C16H20ClN3O/c1-3-6-15(20-10-9-18-11-12(20)2)16(21)19-14-8-5-4-7-13(14)17/h4-8,18H,2-3,9-11H2,1H3,(H,19,21)/b15-6-. The molecule has 2 N–H and O–H groups in total. The molecule has 1 aliphatic rings. The highest BCUT2D eigenvalue weighted by atomic mass is 35.5. The van der Waals surface area contributed by atoms with E-state index in [4.69, 9.17) is 11.6 Å². The van der Waals surface area contributed by atoms with E-state index >= 15 is 0 Å². The molecule has 1 amide bonds. The average Bonchev–Trinajstić information content (AvgIpc) is 2.48. The molecule has 1 saturated heterocycles. The zero-order chi connectivity index (χ0) is 15.2. The number of allylic oxidation sites excluding steroid dienone is 1. The number of halogens is 1. The quantitative estimate of drug-likeness (QED) is 0.841. The third-order valence-corrected chi connectivity index (χ3v) is 3.60. The number of hydrogen-bond donors (Lipinski definition) is 2. The minimum Gasteiger partial charge on any atom is -0.339 e. The zero-order valence-electron chi connectivity index (χ0n) is 12.2. The number of nitrogens with one attached hydrogen (secondary N) is 2. The summed E-state index contributed by atoms with van der Waals surface area (Å²) in [6.45, 7) is 8.29. The van der Waals surface area contributed by atoms with Gasteiger partial charge in [-0.3, -0.25) is 4.79 Å². The molecule has 21 heavy (non-hydrogen) atoms. The highest BCUT2D eigenvalue weighted by Crippen LogP contribution is 2.22. The lowest BCUT2D eigenvalue weighted by atomic mass is 10.2. The second-order valence-electron chi connectivity index (χ2n) is 4.83. The second kappa shape index (κ2) is 7.29. The Hall–Kier alpha value is -1.78. The maximum absolute atomic E-state index is 12.6. The van der Waals surface area contributed by atoms with E-state index < -0.39 is 0 Å². The first-order chi connectivity index (χ1) is 10.1. The van der Waals surface area contributed by atoms with Crippen LogP contribution in [0.2, 0.25) is 5.02 Å². The van der Waals surface area contributed by atoms with Gasteiger partial charge in [0.2, 0.25) is 0 Å². The van der Waals surface area contributed by atoms with Gasteiger partial charge >= 0.3 is 0 Å².